The average molecular weight is 340 g/mol. The van der Waals surface area contributed by atoms with E-state index in [1.165, 1.54) is 0 Å². The lowest BCUT2D eigenvalue weighted by atomic mass is 10.2. The van der Waals surface area contributed by atoms with Gasteiger partial charge in [0.1, 0.15) is 5.69 Å². The second-order valence-electron chi connectivity index (χ2n) is 5.80. The van der Waals surface area contributed by atoms with Gasteiger partial charge in [-0.1, -0.05) is 13.8 Å². The van der Waals surface area contributed by atoms with Gasteiger partial charge in [-0.3, -0.25) is 4.79 Å². The maximum atomic E-state index is 12.3. The van der Waals surface area contributed by atoms with Crippen LogP contribution < -0.4 is 10.2 Å². The first-order chi connectivity index (χ1) is 10.9. The fourth-order valence-electron chi connectivity index (χ4n) is 2.65. The molecule has 0 aromatic carbocycles. The molecule has 0 saturated carbocycles. The van der Waals surface area contributed by atoms with E-state index in [0.29, 0.717) is 12.4 Å². The van der Waals surface area contributed by atoms with Crippen LogP contribution in [0.2, 0.25) is 0 Å². The molecule has 2 heterocycles. The van der Waals surface area contributed by atoms with Gasteiger partial charge in [0.25, 0.3) is 5.91 Å². The fourth-order valence-corrected chi connectivity index (χ4v) is 4.32. The van der Waals surface area contributed by atoms with Crippen molar-refractivity contribution in [1.82, 2.24) is 15.3 Å². The minimum absolute atomic E-state index is 0.00841. The molecule has 7 nitrogen and oxygen atoms in total. The molecule has 23 heavy (non-hydrogen) atoms. The van der Waals surface area contributed by atoms with Gasteiger partial charge in [0.2, 0.25) is 5.95 Å². The van der Waals surface area contributed by atoms with E-state index < -0.39 is 9.84 Å². The summed E-state index contributed by atoms with van der Waals surface area (Å²) in [5.41, 5.74) is 0.275. The maximum Gasteiger partial charge on any atom is 0.270 e. The van der Waals surface area contributed by atoms with Gasteiger partial charge in [-0.05, 0) is 25.3 Å². The molecule has 8 heteroatoms. The van der Waals surface area contributed by atoms with Crippen LogP contribution in [0.5, 0.6) is 0 Å². The molecular formula is C15H24N4O3S. The van der Waals surface area contributed by atoms with Crippen LogP contribution in [-0.4, -0.2) is 54.9 Å². The van der Waals surface area contributed by atoms with Gasteiger partial charge < -0.3 is 10.2 Å². The number of nitrogens with zero attached hydrogens (tertiary/aromatic N) is 3. The van der Waals surface area contributed by atoms with Gasteiger partial charge in [0.05, 0.1) is 11.5 Å². The largest absolute Gasteiger partial charge is 0.347 e. The molecule has 1 amide bonds. The number of hydrogen-bond donors (Lipinski definition) is 1. The number of nitrogens with one attached hydrogen (secondary N) is 1. The number of sulfone groups is 1. The zero-order chi connectivity index (χ0) is 16.9. The lowest BCUT2D eigenvalue weighted by Gasteiger charge is -2.21. The molecule has 1 N–H and O–H groups in total. The summed E-state index contributed by atoms with van der Waals surface area (Å²) < 4.78 is 22.9. The summed E-state index contributed by atoms with van der Waals surface area (Å²) in [5.74, 6) is 0.339. The van der Waals surface area contributed by atoms with Gasteiger partial charge in [0.15, 0.2) is 9.84 Å². The second kappa shape index (κ2) is 7.72. The first-order valence-corrected chi connectivity index (χ1v) is 9.86. The Kier molecular flexibility index (Phi) is 5.92. The molecule has 0 bridgehead atoms. The highest BCUT2D eigenvalue weighted by molar-refractivity contribution is 7.91. The number of rotatable bonds is 7. The zero-order valence-electron chi connectivity index (χ0n) is 13.7. The van der Waals surface area contributed by atoms with Crippen LogP contribution in [0.3, 0.4) is 0 Å². The highest BCUT2D eigenvalue weighted by atomic mass is 32.2. The summed E-state index contributed by atoms with van der Waals surface area (Å²) in [6, 6.07) is 1.23. The quantitative estimate of drug-likeness (QED) is 0.797. The Hall–Kier alpha value is -1.70. The molecule has 1 unspecified atom stereocenters. The van der Waals surface area contributed by atoms with E-state index in [0.717, 1.165) is 25.9 Å². The van der Waals surface area contributed by atoms with Gasteiger partial charge in [-0.2, -0.15) is 0 Å². The van der Waals surface area contributed by atoms with Crippen molar-refractivity contribution < 1.29 is 13.2 Å². The Morgan fingerprint density at radius 3 is 2.61 bits per heavy atom. The minimum atomic E-state index is -3.02. The van der Waals surface area contributed by atoms with E-state index in [1.807, 2.05) is 0 Å². The van der Waals surface area contributed by atoms with E-state index >= 15 is 0 Å². The van der Waals surface area contributed by atoms with E-state index in [2.05, 4.69) is 34.0 Å². The first-order valence-electron chi connectivity index (χ1n) is 8.04. The number of aromatic nitrogens is 2. The Balaban J connectivity index is 2.07. The molecule has 1 aromatic heterocycles. The average Bonchev–Trinajstić information content (AvgIpc) is 2.86. The molecule has 1 atom stereocenters. The second-order valence-corrected chi connectivity index (χ2v) is 8.03. The van der Waals surface area contributed by atoms with E-state index in [9.17, 15) is 13.2 Å². The lowest BCUT2D eigenvalue weighted by molar-refractivity contribution is 0.0936. The van der Waals surface area contributed by atoms with Crippen LogP contribution in [-0.2, 0) is 9.84 Å². The molecule has 0 radical (unpaired) electrons. The summed E-state index contributed by atoms with van der Waals surface area (Å²) >= 11 is 0. The van der Waals surface area contributed by atoms with Crippen molar-refractivity contribution in [3.8, 4) is 0 Å². The van der Waals surface area contributed by atoms with Crippen molar-refractivity contribution in [2.45, 2.75) is 39.2 Å². The Morgan fingerprint density at radius 2 is 2.04 bits per heavy atom. The van der Waals surface area contributed by atoms with Crippen LogP contribution >= 0.6 is 0 Å². The monoisotopic (exact) mass is 340 g/mol. The lowest BCUT2D eigenvalue weighted by Crippen LogP contribution is -2.36. The maximum absolute atomic E-state index is 12.3. The van der Waals surface area contributed by atoms with Crippen LogP contribution in [0.25, 0.3) is 0 Å². The molecule has 1 aromatic rings. The third-order valence-corrected chi connectivity index (χ3v) is 5.48. The van der Waals surface area contributed by atoms with E-state index in [1.54, 1.807) is 12.3 Å². The Labute approximate surface area is 137 Å². The Bertz CT molecular complexity index is 642. The number of carbonyl (C=O) groups is 1. The first kappa shape index (κ1) is 17.7. The SMILES string of the molecule is CCCN(CCC)c1nccc(C(=O)NC2CCS(=O)(=O)C2)n1. The minimum Gasteiger partial charge on any atom is -0.347 e. The van der Waals surface area contributed by atoms with Crippen LogP contribution in [0, 0.1) is 0 Å². The molecule has 2 rings (SSSR count). The predicted octanol–water partition coefficient (Wildman–Crippen LogP) is 1.02. The zero-order valence-corrected chi connectivity index (χ0v) is 14.5. The third kappa shape index (κ3) is 4.89. The molecule has 1 aliphatic rings. The molecule has 1 fully saturated rings. The van der Waals surface area contributed by atoms with Crippen LogP contribution in [0.15, 0.2) is 12.3 Å². The smallest absolute Gasteiger partial charge is 0.270 e. The molecule has 128 valence electrons. The number of amides is 1. The van der Waals surface area contributed by atoms with Crippen LogP contribution in [0.4, 0.5) is 5.95 Å². The van der Waals surface area contributed by atoms with Crippen molar-refractivity contribution in [3.05, 3.63) is 18.0 Å². The van der Waals surface area contributed by atoms with Crippen molar-refractivity contribution in [3.63, 3.8) is 0 Å². The van der Waals surface area contributed by atoms with Crippen molar-refractivity contribution in [1.29, 1.82) is 0 Å². The molecule has 1 saturated heterocycles. The van der Waals surface area contributed by atoms with Gasteiger partial charge in [-0.25, -0.2) is 18.4 Å². The predicted molar refractivity (Wildman–Crippen MR) is 89.4 cm³/mol. The normalized spacial score (nSPS) is 19.5. The summed E-state index contributed by atoms with van der Waals surface area (Å²) in [5, 5.41) is 2.75. The Morgan fingerprint density at radius 1 is 1.35 bits per heavy atom. The van der Waals surface area contributed by atoms with Crippen molar-refractivity contribution >= 4 is 21.7 Å². The third-order valence-electron chi connectivity index (χ3n) is 3.71. The topological polar surface area (TPSA) is 92.3 Å². The van der Waals surface area contributed by atoms with Gasteiger partial charge in [-0.15, -0.1) is 0 Å². The van der Waals surface area contributed by atoms with E-state index in [-0.39, 0.29) is 29.1 Å². The van der Waals surface area contributed by atoms with Gasteiger partial charge >= 0.3 is 0 Å². The number of anilines is 1. The van der Waals surface area contributed by atoms with Gasteiger partial charge in [0, 0.05) is 25.3 Å². The van der Waals surface area contributed by atoms with Crippen molar-refractivity contribution in [2.75, 3.05) is 29.5 Å². The number of carbonyl (C=O) groups excluding carboxylic acids is 1. The summed E-state index contributed by atoms with van der Waals surface area (Å²) in [4.78, 5) is 22.9. The van der Waals surface area contributed by atoms with Crippen LogP contribution in [0.1, 0.15) is 43.6 Å². The summed E-state index contributed by atoms with van der Waals surface area (Å²) in [6.45, 7) is 5.83. The highest BCUT2D eigenvalue weighted by Crippen LogP contribution is 2.13. The summed E-state index contributed by atoms with van der Waals surface area (Å²) in [7, 11) is -3.02. The molecule has 0 spiro atoms. The summed E-state index contributed by atoms with van der Waals surface area (Å²) in [6.07, 6.45) is 3.98. The number of hydrogen-bond acceptors (Lipinski definition) is 6. The molecular weight excluding hydrogens is 316 g/mol. The standard InChI is InChI=1S/C15H24N4O3S/c1-3-8-19(9-4-2)15-16-7-5-13(18-15)14(20)17-12-6-10-23(21,22)11-12/h5,7,12H,3-4,6,8-11H2,1-2H3,(H,17,20). The molecule has 0 aliphatic carbocycles. The van der Waals surface area contributed by atoms with Crippen molar-refractivity contribution in [2.24, 2.45) is 0 Å². The molecule has 1 aliphatic heterocycles. The van der Waals surface area contributed by atoms with E-state index in [4.69, 9.17) is 0 Å². The fraction of sp³-hybridized carbons (Fsp3) is 0.667. The highest BCUT2D eigenvalue weighted by Gasteiger charge is 2.29.